The first kappa shape index (κ1) is 15.4. The van der Waals surface area contributed by atoms with Gasteiger partial charge in [0.1, 0.15) is 0 Å². The minimum atomic E-state index is 0.00511. The maximum atomic E-state index is 9.22. The number of aliphatic hydroxyl groups excluding tert-OH is 1. The zero-order valence-electron chi connectivity index (χ0n) is 13.6. The van der Waals surface area contributed by atoms with E-state index in [2.05, 4.69) is 34.1 Å². The Hall–Kier alpha value is -2.18. The first-order valence-electron chi connectivity index (χ1n) is 8.16. The van der Waals surface area contributed by atoms with Gasteiger partial charge in [0, 0.05) is 43.1 Å². The van der Waals surface area contributed by atoms with Gasteiger partial charge in [0.05, 0.1) is 23.7 Å². The van der Waals surface area contributed by atoms with Crippen molar-refractivity contribution in [2.45, 2.75) is 19.4 Å². The van der Waals surface area contributed by atoms with Crippen molar-refractivity contribution in [3.63, 3.8) is 0 Å². The van der Waals surface area contributed by atoms with Gasteiger partial charge in [0.25, 0.3) is 0 Å². The van der Waals surface area contributed by atoms with E-state index in [4.69, 9.17) is 5.10 Å². The highest BCUT2D eigenvalue weighted by atomic mass is 32.1. The lowest BCUT2D eigenvalue weighted by Crippen LogP contribution is -2.26. The maximum absolute atomic E-state index is 9.22. The molecule has 0 spiro atoms. The van der Waals surface area contributed by atoms with Crippen LogP contribution in [0.25, 0.3) is 11.3 Å². The highest BCUT2D eigenvalue weighted by Gasteiger charge is 2.23. The van der Waals surface area contributed by atoms with E-state index in [1.165, 1.54) is 22.5 Å². The highest BCUT2D eigenvalue weighted by Crippen LogP contribution is 2.30. The number of hydrogen-bond donors (Lipinski definition) is 1. The zero-order valence-corrected chi connectivity index (χ0v) is 14.5. The number of hydrogen-bond acceptors (Lipinski definition) is 5. The normalized spacial score (nSPS) is 14.5. The van der Waals surface area contributed by atoms with Crippen LogP contribution in [-0.4, -0.2) is 33.0 Å². The predicted molar refractivity (Wildman–Crippen MR) is 96.3 cm³/mol. The van der Waals surface area contributed by atoms with E-state index < -0.39 is 0 Å². The lowest BCUT2D eigenvalue weighted by molar-refractivity contribution is 0.277. The molecule has 6 heteroatoms. The molecule has 1 N–H and O–H groups in total. The first-order chi connectivity index (χ1) is 11.8. The van der Waals surface area contributed by atoms with Crippen LogP contribution in [0.3, 0.4) is 0 Å². The Bertz CT molecular complexity index is 840. The molecule has 24 heavy (non-hydrogen) atoms. The molecule has 0 bridgehead atoms. The Kier molecular flexibility index (Phi) is 4.08. The Balaban J connectivity index is 1.63. The van der Waals surface area contributed by atoms with E-state index in [0.717, 1.165) is 36.8 Å². The summed E-state index contributed by atoms with van der Waals surface area (Å²) in [5.74, 6) is 0. The van der Waals surface area contributed by atoms with Crippen LogP contribution in [0.4, 0.5) is 5.13 Å². The average Bonchev–Trinajstić information content (AvgIpc) is 3.15. The standard InChI is InChI=1S/C18H20N4OS/c1-21-17(13-5-3-2-4-6-13)15-7-9-22(10-8-16(15)20-21)18-19-14(11-23)12-24-18/h2-6,12,23H,7-11H2,1H3. The van der Waals surface area contributed by atoms with Crippen molar-refractivity contribution in [2.24, 2.45) is 7.05 Å². The average molecular weight is 340 g/mol. The summed E-state index contributed by atoms with van der Waals surface area (Å²) in [5.41, 5.74) is 5.74. The fourth-order valence-corrected chi connectivity index (χ4v) is 4.22. The first-order valence-corrected chi connectivity index (χ1v) is 9.04. The number of nitrogens with zero attached hydrogens (tertiary/aromatic N) is 4. The van der Waals surface area contributed by atoms with E-state index in [0.29, 0.717) is 0 Å². The quantitative estimate of drug-likeness (QED) is 0.796. The molecule has 5 nitrogen and oxygen atoms in total. The van der Waals surface area contributed by atoms with Crippen LogP contribution >= 0.6 is 11.3 Å². The van der Waals surface area contributed by atoms with Crippen molar-refractivity contribution in [3.8, 4) is 11.3 Å². The predicted octanol–water partition coefficient (Wildman–Crippen LogP) is 2.64. The van der Waals surface area contributed by atoms with Crippen LogP contribution in [0.15, 0.2) is 35.7 Å². The van der Waals surface area contributed by atoms with Gasteiger partial charge < -0.3 is 10.0 Å². The lowest BCUT2D eigenvalue weighted by Gasteiger charge is -2.19. The fraction of sp³-hybridized carbons (Fsp3) is 0.333. The minimum absolute atomic E-state index is 0.00511. The summed E-state index contributed by atoms with van der Waals surface area (Å²) in [6, 6.07) is 10.5. The molecule has 0 saturated carbocycles. The van der Waals surface area contributed by atoms with Crippen LogP contribution in [0.1, 0.15) is 17.0 Å². The van der Waals surface area contributed by atoms with E-state index in [9.17, 15) is 5.11 Å². The summed E-state index contributed by atoms with van der Waals surface area (Å²) in [5, 5.41) is 16.9. The Morgan fingerprint density at radius 1 is 1.17 bits per heavy atom. The van der Waals surface area contributed by atoms with Gasteiger partial charge in [-0.2, -0.15) is 5.10 Å². The number of benzene rings is 1. The number of anilines is 1. The molecule has 4 rings (SSSR count). The van der Waals surface area contributed by atoms with Gasteiger partial charge in [-0.1, -0.05) is 30.3 Å². The molecule has 0 saturated heterocycles. The van der Waals surface area contributed by atoms with Crippen molar-refractivity contribution in [1.82, 2.24) is 14.8 Å². The summed E-state index contributed by atoms with van der Waals surface area (Å²) < 4.78 is 2.02. The molecule has 3 heterocycles. The van der Waals surface area contributed by atoms with Gasteiger partial charge in [0.2, 0.25) is 0 Å². The van der Waals surface area contributed by atoms with Gasteiger partial charge in [-0.25, -0.2) is 4.98 Å². The van der Waals surface area contributed by atoms with Crippen LogP contribution in [0.5, 0.6) is 0 Å². The third kappa shape index (κ3) is 2.72. The molecule has 0 amide bonds. The van der Waals surface area contributed by atoms with Crippen LogP contribution in [0.2, 0.25) is 0 Å². The molecular formula is C18H20N4OS. The molecule has 1 aromatic carbocycles. The van der Waals surface area contributed by atoms with Crippen molar-refractivity contribution in [2.75, 3.05) is 18.0 Å². The SMILES string of the molecule is Cn1nc2c(c1-c1ccccc1)CCN(c1nc(CO)cs1)CC2. The van der Waals surface area contributed by atoms with Crippen LogP contribution in [-0.2, 0) is 26.5 Å². The molecule has 0 unspecified atom stereocenters. The Labute approximate surface area is 145 Å². The number of aryl methyl sites for hydroxylation is 1. The van der Waals surface area contributed by atoms with Gasteiger partial charge in [-0.3, -0.25) is 4.68 Å². The van der Waals surface area contributed by atoms with Crippen molar-refractivity contribution in [3.05, 3.63) is 52.7 Å². The van der Waals surface area contributed by atoms with Gasteiger partial charge in [-0.05, 0) is 6.42 Å². The molecule has 124 valence electrons. The smallest absolute Gasteiger partial charge is 0.185 e. The van der Waals surface area contributed by atoms with E-state index in [1.807, 2.05) is 23.2 Å². The maximum Gasteiger partial charge on any atom is 0.185 e. The fourth-order valence-electron chi connectivity index (χ4n) is 3.35. The van der Waals surface area contributed by atoms with Crippen LogP contribution < -0.4 is 4.90 Å². The molecular weight excluding hydrogens is 320 g/mol. The van der Waals surface area contributed by atoms with E-state index in [1.54, 1.807) is 11.3 Å². The Morgan fingerprint density at radius 3 is 2.71 bits per heavy atom. The second-order valence-electron chi connectivity index (χ2n) is 6.03. The molecule has 1 aliphatic rings. The zero-order chi connectivity index (χ0) is 16.5. The second-order valence-corrected chi connectivity index (χ2v) is 6.87. The van der Waals surface area contributed by atoms with Crippen molar-refractivity contribution >= 4 is 16.5 Å². The number of thiazole rings is 1. The van der Waals surface area contributed by atoms with Crippen molar-refractivity contribution < 1.29 is 5.11 Å². The third-order valence-electron chi connectivity index (χ3n) is 4.50. The monoisotopic (exact) mass is 340 g/mol. The van der Waals surface area contributed by atoms with Gasteiger partial charge in [-0.15, -0.1) is 11.3 Å². The lowest BCUT2D eigenvalue weighted by atomic mass is 10.0. The van der Waals surface area contributed by atoms with E-state index >= 15 is 0 Å². The second kappa shape index (κ2) is 6.37. The highest BCUT2D eigenvalue weighted by molar-refractivity contribution is 7.13. The molecule has 3 aromatic rings. The largest absolute Gasteiger partial charge is 0.390 e. The number of aliphatic hydroxyl groups is 1. The van der Waals surface area contributed by atoms with Crippen molar-refractivity contribution in [1.29, 1.82) is 0 Å². The number of fused-ring (bicyclic) bond motifs is 1. The molecule has 0 fully saturated rings. The van der Waals surface area contributed by atoms with Crippen LogP contribution in [0, 0.1) is 0 Å². The number of aromatic nitrogens is 3. The molecule has 0 aliphatic carbocycles. The van der Waals surface area contributed by atoms with Gasteiger partial charge in [0.15, 0.2) is 5.13 Å². The summed E-state index contributed by atoms with van der Waals surface area (Å²) in [6.07, 6.45) is 1.88. The summed E-state index contributed by atoms with van der Waals surface area (Å²) >= 11 is 1.60. The molecule has 0 atom stereocenters. The summed E-state index contributed by atoms with van der Waals surface area (Å²) in [7, 11) is 2.03. The summed E-state index contributed by atoms with van der Waals surface area (Å²) in [4.78, 5) is 6.81. The third-order valence-corrected chi connectivity index (χ3v) is 5.45. The topological polar surface area (TPSA) is 54.2 Å². The molecule has 1 aliphatic heterocycles. The molecule has 2 aromatic heterocycles. The van der Waals surface area contributed by atoms with E-state index in [-0.39, 0.29) is 6.61 Å². The minimum Gasteiger partial charge on any atom is -0.390 e. The summed E-state index contributed by atoms with van der Waals surface area (Å²) in [6.45, 7) is 1.85. The van der Waals surface area contributed by atoms with Gasteiger partial charge >= 0.3 is 0 Å². The Morgan fingerprint density at radius 2 is 1.96 bits per heavy atom. The number of rotatable bonds is 3. The molecule has 0 radical (unpaired) electrons.